The lowest BCUT2D eigenvalue weighted by Crippen LogP contribution is -2.19. The van der Waals surface area contributed by atoms with Crippen LogP contribution in [0.4, 0.5) is 0 Å². The Balaban J connectivity index is 2.11. The van der Waals surface area contributed by atoms with Crippen LogP contribution in [0, 0.1) is 5.92 Å². The monoisotopic (exact) mass is 302 g/mol. The molecule has 1 unspecified atom stereocenters. The molecule has 4 nitrogen and oxygen atoms in total. The maximum Gasteiger partial charge on any atom is 0.181 e. The summed E-state index contributed by atoms with van der Waals surface area (Å²) in [4.78, 5) is 17.7. The molecule has 0 bridgehead atoms. The van der Waals surface area contributed by atoms with Crippen molar-refractivity contribution in [2.45, 2.75) is 26.7 Å². The van der Waals surface area contributed by atoms with Crippen molar-refractivity contribution in [2.24, 2.45) is 5.92 Å². The van der Waals surface area contributed by atoms with Gasteiger partial charge >= 0.3 is 0 Å². The van der Waals surface area contributed by atoms with Crippen molar-refractivity contribution in [1.29, 1.82) is 0 Å². The molecule has 22 heavy (non-hydrogen) atoms. The lowest BCUT2D eigenvalue weighted by Gasteiger charge is -2.10. The molecule has 4 heteroatoms. The highest BCUT2D eigenvalue weighted by Crippen LogP contribution is 2.23. The van der Waals surface area contributed by atoms with Crippen LogP contribution in [0.5, 0.6) is 5.75 Å². The van der Waals surface area contributed by atoms with Crippen LogP contribution in [-0.4, -0.2) is 42.9 Å². The number of ether oxygens (including phenoxy) is 1. The number of benzene rings is 1. The molecular formula is C18H26N2O2. The third-order valence-corrected chi connectivity index (χ3v) is 3.83. The molecule has 1 heterocycles. The van der Waals surface area contributed by atoms with E-state index in [-0.39, 0.29) is 11.7 Å². The van der Waals surface area contributed by atoms with E-state index >= 15 is 0 Å². The number of Topliss-reactive ketones (excluding diaryl/α,β-unsaturated/α-hetero) is 1. The van der Waals surface area contributed by atoms with Crippen LogP contribution in [0.15, 0.2) is 24.3 Å². The summed E-state index contributed by atoms with van der Waals surface area (Å²) < 4.78 is 5.74. The minimum absolute atomic E-state index is 0.0638. The van der Waals surface area contributed by atoms with Crippen LogP contribution >= 0.6 is 0 Å². The Morgan fingerprint density at radius 2 is 2.09 bits per heavy atom. The highest BCUT2D eigenvalue weighted by molar-refractivity contribution is 6.00. The van der Waals surface area contributed by atoms with Gasteiger partial charge in [-0.3, -0.25) is 4.79 Å². The summed E-state index contributed by atoms with van der Waals surface area (Å²) >= 11 is 0. The van der Waals surface area contributed by atoms with E-state index in [0.717, 1.165) is 36.0 Å². The molecule has 1 atom stereocenters. The molecule has 0 radical (unpaired) electrons. The molecule has 1 aromatic heterocycles. The van der Waals surface area contributed by atoms with E-state index in [0.29, 0.717) is 12.3 Å². The number of hydrogen-bond acceptors (Lipinski definition) is 3. The van der Waals surface area contributed by atoms with Gasteiger partial charge in [-0.1, -0.05) is 20.3 Å². The van der Waals surface area contributed by atoms with Gasteiger partial charge in [0.1, 0.15) is 12.4 Å². The highest BCUT2D eigenvalue weighted by Gasteiger charge is 2.16. The first-order chi connectivity index (χ1) is 10.5. The normalized spacial score (nSPS) is 12.8. The van der Waals surface area contributed by atoms with Crippen molar-refractivity contribution in [2.75, 3.05) is 27.2 Å². The van der Waals surface area contributed by atoms with Crippen LogP contribution in [-0.2, 0) is 0 Å². The number of nitrogens with one attached hydrogen (secondary N) is 1. The van der Waals surface area contributed by atoms with Gasteiger partial charge in [0, 0.05) is 23.4 Å². The van der Waals surface area contributed by atoms with Crippen LogP contribution in [0.1, 0.15) is 37.2 Å². The van der Waals surface area contributed by atoms with Crippen LogP contribution < -0.4 is 4.74 Å². The molecule has 120 valence electrons. The fraction of sp³-hybridized carbons (Fsp3) is 0.500. The summed E-state index contributed by atoms with van der Waals surface area (Å²) in [6.07, 6.45) is 1.95. The number of hydrogen-bond donors (Lipinski definition) is 1. The number of ketones is 1. The number of fused-ring (bicyclic) bond motifs is 1. The van der Waals surface area contributed by atoms with Gasteiger partial charge in [0.15, 0.2) is 5.78 Å². The zero-order chi connectivity index (χ0) is 16.1. The Morgan fingerprint density at radius 1 is 1.32 bits per heavy atom. The third kappa shape index (κ3) is 4.10. The van der Waals surface area contributed by atoms with E-state index in [1.54, 1.807) is 0 Å². The summed E-state index contributed by atoms with van der Waals surface area (Å²) in [6.45, 7) is 5.63. The van der Waals surface area contributed by atoms with Gasteiger partial charge in [-0.25, -0.2) is 0 Å². The third-order valence-electron chi connectivity index (χ3n) is 3.83. The molecule has 2 aromatic rings. The molecule has 0 spiro atoms. The van der Waals surface area contributed by atoms with Crippen molar-refractivity contribution in [1.82, 2.24) is 9.88 Å². The molecule has 2 rings (SSSR count). The Morgan fingerprint density at radius 3 is 2.77 bits per heavy atom. The summed E-state index contributed by atoms with van der Waals surface area (Å²) in [5.74, 6) is 1.09. The standard InChI is InChI=1S/C18H26N2O2/c1-5-6-13(2)18(21)17-12-14-11-15(7-8-16(14)19-17)22-10-9-20(3)4/h7-8,11-13,19H,5-6,9-10H2,1-4H3. The van der Waals surface area contributed by atoms with Crippen molar-refractivity contribution in [3.63, 3.8) is 0 Å². The quantitative estimate of drug-likeness (QED) is 0.756. The molecule has 0 aliphatic heterocycles. The first-order valence-electron chi connectivity index (χ1n) is 7.95. The Hall–Kier alpha value is -1.81. The second-order valence-corrected chi connectivity index (χ2v) is 6.14. The first-order valence-corrected chi connectivity index (χ1v) is 7.95. The zero-order valence-electron chi connectivity index (χ0n) is 14.0. The SMILES string of the molecule is CCCC(C)C(=O)c1cc2cc(OCCN(C)C)ccc2[nH]1. The van der Waals surface area contributed by atoms with Gasteiger partial charge < -0.3 is 14.6 Å². The minimum Gasteiger partial charge on any atom is -0.492 e. The maximum atomic E-state index is 12.4. The average molecular weight is 302 g/mol. The van der Waals surface area contributed by atoms with Crippen LogP contribution in [0.3, 0.4) is 0 Å². The number of carbonyl (C=O) groups excluding carboxylic acids is 1. The number of H-pyrrole nitrogens is 1. The molecule has 0 fully saturated rings. The lowest BCUT2D eigenvalue weighted by molar-refractivity contribution is 0.0919. The Bertz CT molecular complexity index is 631. The van der Waals surface area contributed by atoms with Gasteiger partial charge in [0.25, 0.3) is 0 Å². The van der Waals surface area contributed by atoms with E-state index in [9.17, 15) is 4.79 Å². The summed E-state index contributed by atoms with van der Waals surface area (Å²) in [6, 6.07) is 7.84. The Kier molecular flexibility index (Phi) is 5.61. The number of aromatic amines is 1. The van der Waals surface area contributed by atoms with Crippen molar-refractivity contribution < 1.29 is 9.53 Å². The van der Waals surface area contributed by atoms with Gasteiger partial charge in [0.05, 0.1) is 5.69 Å². The van der Waals surface area contributed by atoms with Crippen LogP contribution in [0.25, 0.3) is 10.9 Å². The van der Waals surface area contributed by atoms with E-state index in [1.807, 2.05) is 45.3 Å². The summed E-state index contributed by atoms with van der Waals surface area (Å²) in [7, 11) is 4.04. The van der Waals surface area contributed by atoms with E-state index < -0.39 is 0 Å². The summed E-state index contributed by atoms with van der Waals surface area (Å²) in [5.41, 5.74) is 1.67. The number of carbonyl (C=O) groups is 1. The van der Waals surface area contributed by atoms with Crippen molar-refractivity contribution in [3.05, 3.63) is 30.0 Å². The van der Waals surface area contributed by atoms with E-state index in [1.165, 1.54) is 0 Å². The molecular weight excluding hydrogens is 276 g/mol. The zero-order valence-corrected chi connectivity index (χ0v) is 14.0. The van der Waals surface area contributed by atoms with E-state index in [4.69, 9.17) is 4.74 Å². The second-order valence-electron chi connectivity index (χ2n) is 6.14. The summed E-state index contributed by atoms with van der Waals surface area (Å²) in [5, 5.41) is 1.02. The van der Waals surface area contributed by atoms with Gasteiger partial charge in [0.2, 0.25) is 0 Å². The van der Waals surface area contributed by atoms with Crippen molar-refractivity contribution >= 4 is 16.7 Å². The molecule has 0 saturated heterocycles. The topological polar surface area (TPSA) is 45.3 Å². The molecule has 1 aromatic carbocycles. The number of nitrogens with zero attached hydrogens (tertiary/aromatic N) is 1. The number of rotatable bonds is 8. The minimum atomic E-state index is 0.0638. The van der Waals surface area contributed by atoms with Crippen molar-refractivity contribution in [3.8, 4) is 5.75 Å². The maximum absolute atomic E-state index is 12.4. The van der Waals surface area contributed by atoms with Crippen LogP contribution in [0.2, 0.25) is 0 Å². The molecule has 0 aliphatic rings. The smallest absolute Gasteiger partial charge is 0.181 e. The predicted octanol–water partition coefficient (Wildman–Crippen LogP) is 3.73. The number of aromatic nitrogens is 1. The predicted molar refractivity (Wildman–Crippen MR) is 90.8 cm³/mol. The van der Waals surface area contributed by atoms with Gasteiger partial charge in [-0.15, -0.1) is 0 Å². The Labute approximate surface area is 132 Å². The molecule has 1 N–H and O–H groups in total. The fourth-order valence-electron chi connectivity index (χ4n) is 2.51. The molecule has 0 saturated carbocycles. The highest BCUT2D eigenvalue weighted by atomic mass is 16.5. The van der Waals surface area contributed by atoms with Gasteiger partial charge in [-0.05, 0) is 44.8 Å². The first kappa shape index (κ1) is 16.6. The second kappa shape index (κ2) is 7.45. The molecule has 0 aliphatic carbocycles. The van der Waals surface area contributed by atoms with Gasteiger partial charge in [-0.2, -0.15) is 0 Å². The largest absolute Gasteiger partial charge is 0.492 e. The molecule has 0 amide bonds. The lowest BCUT2D eigenvalue weighted by atomic mass is 9.99. The average Bonchev–Trinajstić information content (AvgIpc) is 2.89. The van der Waals surface area contributed by atoms with E-state index in [2.05, 4.69) is 16.8 Å². The fourth-order valence-corrected chi connectivity index (χ4v) is 2.51. The number of likely N-dealkylation sites (N-methyl/N-ethyl adjacent to an activating group) is 1.